The predicted molar refractivity (Wildman–Crippen MR) is 80.8 cm³/mol. The second-order valence-corrected chi connectivity index (χ2v) is 5.59. The first-order chi connectivity index (χ1) is 8.86. The van der Waals surface area contributed by atoms with Crippen LogP contribution in [0.2, 0.25) is 0 Å². The van der Waals surface area contributed by atoms with Crippen LogP contribution in [0, 0.1) is 5.92 Å². The van der Waals surface area contributed by atoms with E-state index in [1.807, 2.05) is 0 Å². The lowest BCUT2D eigenvalue weighted by atomic mass is 9.99. The van der Waals surface area contributed by atoms with Gasteiger partial charge in [-0.15, -0.1) is 12.4 Å². The summed E-state index contributed by atoms with van der Waals surface area (Å²) in [5.74, 6) is 0.444. The summed E-state index contributed by atoms with van der Waals surface area (Å²) in [6.07, 6.45) is 7.56. The van der Waals surface area contributed by atoms with Crippen LogP contribution in [0.5, 0.6) is 0 Å². The zero-order chi connectivity index (χ0) is 12.6. The summed E-state index contributed by atoms with van der Waals surface area (Å²) in [4.78, 5) is 14.4. The van der Waals surface area contributed by atoms with Crippen LogP contribution < -0.4 is 10.6 Å². The Morgan fingerprint density at radius 1 is 1.16 bits per heavy atom. The average Bonchev–Trinajstić information content (AvgIpc) is 2.68. The summed E-state index contributed by atoms with van der Waals surface area (Å²) in [7, 11) is 0. The highest BCUT2D eigenvalue weighted by Gasteiger charge is 2.20. The Morgan fingerprint density at radius 3 is 2.53 bits per heavy atom. The third-order valence-electron chi connectivity index (χ3n) is 4.09. The zero-order valence-electron chi connectivity index (χ0n) is 11.8. The van der Waals surface area contributed by atoms with Crippen LogP contribution in [0.15, 0.2) is 0 Å². The van der Waals surface area contributed by atoms with E-state index in [9.17, 15) is 4.79 Å². The van der Waals surface area contributed by atoms with Crippen LogP contribution >= 0.6 is 12.4 Å². The highest BCUT2D eigenvalue weighted by Crippen LogP contribution is 2.10. The first-order valence-corrected chi connectivity index (χ1v) is 7.57. The fourth-order valence-corrected chi connectivity index (χ4v) is 2.92. The molecule has 2 fully saturated rings. The topological polar surface area (TPSA) is 44.4 Å². The van der Waals surface area contributed by atoms with Crippen molar-refractivity contribution in [3.05, 3.63) is 0 Å². The number of hydrogen-bond donors (Lipinski definition) is 2. The van der Waals surface area contributed by atoms with Crippen LogP contribution in [0.3, 0.4) is 0 Å². The fourth-order valence-electron chi connectivity index (χ4n) is 2.92. The molecule has 19 heavy (non-hydrogen) atoms. The molecule has 2 rings (SSSR count). The Hall–Kier alpha value is -0.320. The molecular weight excluding hydrogens is 262 g/mol. The monoisotopic (exact) mass is 289 g/mol. The Bertz CT molecular complexity index is 249. The van der Waals surface area contributed by atoms with Crippen LogP contribution in [0.4, 0.5) is 0 Å². The molecule has 0 radical (unpaired) electrons. The second kappa shape index (κ2) is 9.56. The SMILES string of the molecule is Cl.O=C(NCCN1CCCCCC1)[C@@H]1CCCNC1. The number of nitrogens with one attached hydrogen (secondary N) is 2. The molecule has 1 amide bonds. The minimum absolute atomic E-state index is 0. The van der Waals surface area contributed by atoms with E-state index in [4.69, 9.17) is 0 Å². The van der Waals surface area contributed by atoms with E-state index in [1.54, 1.807) is 0 Å². The summed E-state index contributed by atoms with van der Waals surface area (Å²) >= 11 is 0. The van der Waals surface area contributed by atoms with Crippen molar-refractivity contribution in [3.63, 3.8) is 0 Å². The van der Waals surface area contributed by atoms with E-state index in [0.717, 1.165) is 39.0 Å². The van der Waals surface area contributed by atoms with Crippen molar-refractivity contribution in [3.8, 4) is 0 Å². The molecule has 0 spiro atoms. The largest absolute Gasteiger partial charge is 0.355 e. The third-order valence-corrected chi connectivity index (χ3v) is 4.09. The van der Waals surface area contributed by atoms with Gasteiger partial charge in [0, 0.05) is 19.6 Å². The van der Waals surface area contributed by atoms with Gasteiger partial charge >= 0.3 is 0 Å². The Morgan fingerprint density at radius 2 is 1.89 bits per heavy atom. The number of rotatable bonds is 4. The van der Waals surface area contributed by atoms with Gasteiger partial charge in [0.25, 0.3) is 0 Å². The second-order valence-electron chi connectivity index (χ2n) is 5.59. The van der Waals surface area contributed by atoms with Crippen LogP contribution in [0.1, 0.15) is 38.5 Å². The van der Waals surface area contributed by atoms with E-state index in [2.05, 4.69) is 15.5 Å². The van der Waals surface area contributed by atoms with Crippen LogP contribution in [-0.4, -0.2) is 50.1 Å². The van der Waals surface area contributed by atoms with Gasteiger partial charge < -0.3 is 15.5 Å². The summed E-state index contributed by atoms with van der Waals surface area (Å²) in [6, 6.07) is 0. The van der Waals surface area contributed by atoms with Crippen molar-refractivity contribution < 1.29 is 4.79 Å². The number of carbonyl (C=O) groups is 1. The molecule has 0 aromatic heterocycles. The first-order valence-electron chi connectivity index (χ1n) is 7.57. The van der Waals surface area contributed by atoms with E-state index in [1.165, 1.54) is 38.8 Å². The van der Waals surface area contributed by atoms with Gasteiger partial charge in [-0.1, -0.05) is 12.8 Å². The fraction of sp³-hybridized carbons (Fsp3) is 0.929. The number of likely N-dealkylation sites (tertiary alicyclic amines) is 1. The molecular formula is C14H28ClN3O. The Kier molecular flexibility index (Phi) is 8.42. The molecule has 2 N–H and O–H groups in total. The minimum atomic E-state index is 0. The molecule has 1 atom stereocenters. The lowest BCUT2D eigenvalue weighted by Crippen LogP contribution is -2.43. The van der Waals surface area contributed by atoms with Gasteiger partial charge in [0.1, 0.15) is 0 Å². The molecule has 2 aliphatic heterocycles. The molecule has 0 unspecified atom stereocenters. The number of hydrogen-bond acceptors (Lipinski definition) is 3. The van der Waals surface area contributed by atoms with Crippen molar-refractivity contribution in [2.45, 2.75) is 38.5 Å². The van der Waals surface area contributed by atoms with Gasteiger partial charge in [0.05, 0.1) is 5.92 Å². The number of nitrogens with zero attached hydrogens (tertiary/aromatic N) is 1. The molecule has 0 aliphatic carbocycles. The molecule has 0 aromatic carbocycles. The lowest BCUT2D eigenvalue weighted by molar-refractivity contribution is -0.125. The predicted octanol–water partition coefficient (Wildman–Crippen LogP) is 1.40. The van der Waals surface area contributed by atoms with E-state index >= 15 is 0 Å². The molecule has 0 bridgehead atoms. The maximum atomic E-state index is 11.9. The zero-order valence-corrected chi connectivity index (χ0v) is 12.6. The van der Waals surface area contributed by atoms with Gasteiger partial charge in [-0.05, 0) is 45.3 Å². The van der Waals surface area contributed by atoms with Crippen LogP contribution in [0.25, 0.3) is 0 Å². The molecule has 5 heteroatoms. The smallest absolute Gasteiger partial charge is 0.224 e. The van der Waals surface area contributed by atoms with E-state index in [0.29, 0.717) is 0 Å². The van der Waals surface area contributed by atoms with E-state index < -0.39 is 0 Å². The van der Waals surface area contributed by atoms with Crippen molar-refractivity contribution in [1.29, 1.82) is 0 Å². The average molecular weight is 290 g/mol. The number of carbonyl (C=O) groups excluding carboxylic acids is 1. The molecule has 0 saturated carbocycles. The summed E-state index contributed by atoms with van der Waals surface area (Å²) in [6.45, 7) is 6.18. The van der Waals surface area contributed by atoms with Gasteiger partial charge in [0.2, 0.25) is 5.91 Å². The summed E-state index contributed by atoms with van der Waals surface area (Å²) in [5, 5.41) is 6.39. The van der Waals surface area contributed by atoms with Gasteiger partial charge in [-0.25, -0.2) is 0 Å². The number of piperidine rings is 1. The van der Waals surface area contributed by atoms with Crippen molar-refractivity contribution in [2.24, 2.45) is 5.92 Å². The van der Waals surface area contributed by atoms with Crippen LogP contribution in [-0.2, 0) is 4.79 Å². The third kappa shape index (κ3) is 6.11. The van der Waals surface area contributed by atoms with Gasteiger partial charge in [-0.2, -0.15) is 0 Å². The van der Waals surface area contributed by atoms with E-state index in [-0.39, 0.29) is 24.2 Å². The Labute approximate surface area is 123 Å². The number of halogens is 1. The molecule has 112 valence electrons. The maximum absolute atomic E-state index is 11.9. The molecule has 2 heterocycles. The summed E-state index contributed by atoms with van der Waals surface area (Å²) in [5.41, 5.74) is 0. The highest BCUT2D eigenvalue weighted by atomic mass is 35.5. The lowest BCUT2D eigenvalue weighted by Gasteiger charge is -2.23. The quantitative estimate of drug-likeness (QED) is 0.822. The van der Waals surface area contributed by atoms with Crippen molar-refractivity contribution in [2.75, 3.05) is 39.3 Å². The molecule has 4 nitrogen and oxygen atoms in total. The molecule has 2 aliphatic rings. The highest BCUT2D eigenvalue weighted by molar-refractivity contribution is 5.85. The standard InChI is InChI=1S/C14H27N3O.ClH/c18-14(13-6-5-7-15-12-13)16-8-11-17-9-3-1-2-4-10-17;/h13,15H,1-12H2,(H,16,18);1H/t13-;/m1./s1. The molecule has 0 aromatic rings. The minimum Gasteiger partial charge on any atom is -0.355 e. The van der Waals surface area contributed by atoms with Crippen molar-refractivity contribution >= 4 is 18.3 Å². The number of amides is 1. The normalized spacial score (nSPS) is 25.2. The van der Waals surface area contributed by atoms with Crippen molar-refractivity contribution in [1.82, 2.24) is 15.5 Å². The molecule has 2 saturated heterocycles. The maximum Gasteiger partial charge on any atom is 0.224 e. The van der Waals surface area contributed by atoms with Gasteiger partial charge in [0.15, 0.2) is 0 Å². The summed E-state index contributed by atoms with van der Waals surface area (Å²) < 4.78 is 0. The Balaban J connectivity index is 0.00000180. The first kappa shape index (κ1) is 16.7. The van der Waals surface area contributed by atoms with Gasteiger partial charge in [-0.3, -0.25) is 4.79 Å².